The van der Waals surface area contributed by atoms with Crippen LogP contribution in [0, 0.1) is 0 Å². The van der Waals surface area contributed by atoms with Gasteiger partial charge >= 0.3 is 0 Å². The van der Waals surface area contributed by atoms with Crippen LogP contribution in [-0.2, 0) is 4.74 Å². The van der Waals surface area contributed by atoms with Crippen LogP contribution >= 0.6 is 0 Å². The maximum Gasteiger partial charge on any atom is 0.0597 e. The van der Waals surface area contributed by atoms with Crippen LogP contribution in [0.1, 0.15) is 40.0 Å². The van der Waals surface area contributed by atoms with Gasteiger partial charge in [0.05, 0.1) is 12.2 Å². The molecule has 0 amide bonds. The van der Waals surface area contributed by atoms with Crippen molar-refractivity contribution >= 4 is 0 Å². The molecule has 1 N–H and O–H groups in total. The number of rotatable bonds is 1. The lowest BCUT2D eigenvalue weighted by molar-refractivity contribution is -0.0441. The maximum atomic E-state index is 9.13. The zero-order chi connectivity index (χ0) is 8.69. The van der Waals surface area contributed by atoms with E-state index in [4.69, 9.17) is 9.84 Å². The summed E-state index contributed by atoms with van der Waals surface area (Å²) in [6, 6.07) is 0. The number of aliphatic hydroxyl groups excluding tert-OH is 1. The Balaban J connectivity index is 0.000000461. The SMILES string of the molecule is CC.CCC1CC(O)CCO1. The van der Waals surface area contributed by atoms with Crippen LogP contribution < -0.4 is 0 Å². The van der Waals surface area contributed by atoms with Gasteiger partial charge in [-0.1, -0.05) is 20.8 Å². The first-order valence-electron chi connectivity index (χ1n) is 4.62. The minimum atomic E-state index is -0.108. The Morgan fingerprint density at radius 2 is 2.09 bits per heavy atom. The van der Waals surface area contributed by atoms with Gasteiger partial charge in [0.25, 0.3) is 0 Å². The van der Waals surface area contributed by atoms with Gasteiger partial charge in [0.2, 0.25) is 0 Å². The Kier molecular flexibility index (Phi) is 6.57. The van der Waals surface area contributed by atoms with E-state index in [0.29, 0.717) is 6.10 Å². The summed E-state index contributed by atoms with van der Waals surface area (Å²) in [7, 11) is 0. The lowest BCUT2D eigenvalue weighted by Gasteiger charge is -2.25. The van der Waals surface area contributed by atoms with Crippen molar-refractivity contribution in [1.82, 2.24) is 0 Å². The molecule has 1 fully saturated rings. The third kappa shape index (κ3) is 4.38. The molecule has 0 bridgehead atoms. The van der Waals surface area contributed by atoms with Gasteiger partial charge in [-0.25, -0.2) is 0 Å². The smallest absolute Gasteiger partial charge is 0.0597 e. The van der Waals surface area contributed by atoms with Crippen molar-refractivity contribution in [2.24, 2.45) is 0 Å². The van der Waals surface area contributed by atoms with E-state index >= 15 is 0 Å². The van der Waals surface area contributed by atoms with Crippen molar-refractivity contribution in [3.8, 4) is 0 Å². The van der Waals surface area contributed by atoms with Crippen molar-refractivity contribution in [2.75, 3.05) is 6.61 Å². The van der Waals surface area contributed by atoms with Crippen LogP contribution in [0.2, 0.25) is 0 Å². The normalized spacial score (nSPS) is 30.5. The third-order valence-electron chi connectivity index (χ3n) is 1.79. The molecule has 11 heavy (non-hydrogen) atoms. The molecule has 1 heterocycles. The molecule has 0 aromatic carbocycles. The standard InChI is InChI=1S/C7H14O2.C2H6/c1-2-7-5-6(8)3-4-9-7;1-2/h6-8H,2-5H2,1H3;1-2H3. The Hall–Kier alpha value is -0.0800. The molecule has 0 aromatic rings. The average Bonchev–Trinajstić information content (AvgIpc) is 2.08. The second-order valence-corrected chi connectivity index (χ2v) is 2.58. The fourth-order valence-corrected chi connectivity index (χ4v) is 1.14. The molecule has 0 spiro atoms. The molecule has 2 unspecified atom stereocenters. The summed E-state index contributed by atoms with van der Waals surface area (Å²) in [4.78, 5) is 0. The molecule has 2 atom stereocenters. The summed E-state index contributed by atoms with van der Waals surface area (Å²) in [6.45, 7) is 6.82. The lowest BCUT2D eigenvalue weighted by Crippen LogP contribution is -2.28. The predicted octanol–water partition coefficient (Wildman–Crippen LogP) is 1.96. The summed E-state index contributed by atoms with van der Waals surface area (Å²) in [6.07, 6.45) is 2.88. The molecule has 2 heteroatoms. The minimum absolute atomic E-state index is 0.108. The van der Waals surface area contributed by atoms with Crippen molar-refractivity contribution in [3.05, 3.63) is 0 Å². The Morgan fingerprint density at radius 1 is 1.45 bits per heavy atom. The molecule has 0 radical (unpaired) electrons. The van der Waals surface area contributed by atoms with E-state index in [9.17, 15) is 0 Å². The second kappa shape index (κ2) is 6.62. The summed E-state index contributed by atoms with van der Waals surface area (Å²) in [5, 5.41) is 9.13. The molecule has 1 saturated heterocycles. The second-order valence-electron chi connectivity index (χ2n) is 2.58. The van der Waals surface area contributed by atoms with Gasteiger partial charge in [0.15, 0.2) is 0 Å². The zero-order valence-corrected chi connectivity index (χ0v) is 7.84. The van der Waals surface area contributed by atoms with Gasteiger partial charge in [-0.3, -0.25) is 0 Å². The first-order chi connectivity index (χ1) is 5.33. The summed E-state index contributed by atoms with van der Waals surface area (Å²) in [5.74, 6) is 0. The molecule has 0 aliphatic carbocycles. The van der Waals surface area contributed by atoms with E-state index < -0.39 is 0 Å². The van der Waals surface area contributed by atoms with Crippen molar-refractivity contribution in [1.29, 1.82) is 0 Å². The van der Waals surface area contributed by atoms with Crippen LogP contribution in [0.3, 0.4) is 0 Å². The fraction of sp³-hybridized carbons (Fsp3) is 1.00. The number of aliphatic hydroxyl groups is 1. The molecule has 0 saturated carbocycles. The van der Waals surface area contributed by atoms with Gasteiger partial charge < -0.3 is 9.84 Å². The van der Waals surface area contributed by atoms with Crippen molar-refractivity contribution in [3.63, 3.8) is 0 Å². The summed E-state index contributed by atoms with van der Waals surface area (Å²) in [5.41, 5.74) is 0. The number of ether oxygens (including phenoxy) is 1. The molecule has 1 rings (SSSR count). The van der Waals surface area contributed by atoms with Crippen LogP contribution in [-0.4, -0.2) is 23.9 Å². The van der Waals surface area contributed by atoms with Crippen LogP contribution in [0.5, 0.6) is 0 Å². The van der Waals surface area contributed by atoms with E-state index in [1.165, 1.54) is 0 Å². The first kappa shape index (κ1) is 10.9. The van der Waals surface area contributed by atoms with Gasteiger partial charge in [0, 0.05) is 6.61 Å². The van der Waals surface area contributed by atoms with E-state index in [0.717, 1.165) is 25.9 Å². The van der Waals surface area contributed by atoms with Crippen molar-refractivity contribution in [2.45, 2.75) is 52.2 Å². The Bertz CT molecular complexity index is 83.6. The van der Waals surface area contributed by atoms with Gasteiger partial charge in [-0.05, 0) is 19.3 Å². The number of hydrogen-bond donors (Lipinski definition) is 1. The van der Waals surface area contributed by atoms with Crippen molar-refractivity contribution < 1.29 is 9.84 Å². The first-order valence-corrected chi connectivity index (χ1v) is 4.62. The summed E-state index contributed by atoms with van der Waals surface area (Å²) < 4.78 is 5.34. The molecule has 0 aromatic heterocycles. The van der Waals surface area contributed by atoms with Crippen LogP contribution in [0.25, 0.3) is 0 Å². The molecular formula is C9H20O2. The monoisotopic (exact) mass is 160 g/mol. The molecular weight excluding hydrogens is 140 g/mol. The maximum absolute atomic E-state index is 9.13. The predicted molar refractivity (Wildman–Crippen MR) is 46.6 cm³/mol. The van der Waals surface area contributed by atoms with Crippen LogP contribution in [0.15, 0.2) is 0 Å². The zero-order valence-electron chi connectivity index (χ0n) is 7.84. The lowest BCUT2D eigenvalue weighted by atomic mass is 10.0. The highest BCUT2D eigenvalue weighted by atomic mass is 16.5. The topological polar surface area (TPSA) is 29.5 Å². The number of hydrogen-bond acceptors (Lipinski definition) is 2. The van der Waals surface area contributed by atoms with Crippen LogP contribution in [0.4, 0.5) is 0 Å². The Labute approximate surface area is 69.6 Å². The summed E-state index contributed by atoms with van der Waals surface area (Å²) >= 11 is 0. The molecule has 68 valence electrons. The largest absolute Gasteiger partial charge is 0.393 e. The Morgan fingerprint density at radius 3 is 2.45 bits per heavy atom. The highest BCUT2D eigenvalue weighted by molar-refractivity contribution is 4.68. The molecule has 2 nitrogen and oxygen atoms in total. The third-order valence-corrected chi connectivity index (χ3v) is 1.79. The van der Waals surface area contributed by atoms with E-state index in [-0.39, 0.29) is 6.10 Å². The van der Waals surface area contributed by atoms with Gasteiger partial charge in [-0.15, -0.1) is 0 Å². The highest BCUT2D eigenvalue weighted by Gasteiger charge is 2.18. The van der Waals surface area contributed by atoms with E-state index in [1.54, 1.807) is 0 Å². The van der Waals surface area contributed by atoms with E-state index in [2.05, 4.69) is 6.92 Å². The average molecular weight is 160 g/mol. The fourth-order valence-electron chi connectivity index (χ4n) is 1.14. The quantitative estimate of drug-likeness (QED) is 0.635. The molecule has 1 aliphatic rings. The highest BCUT2D eigenvalue weighted by Crippen LogP contribution is 2.15. The van der Waals surface area contributed by atoms with E-state index in [1.807, 2.05) is 13.8 Å². The van der Waals surface area contributed by atoms with Gasteiger partial charge in [0.1, 0.15) is 0 Å². The minimum Gasteiger partial charge on any atom is -0.393 e. The molecule has 1 aliphatic heterocycles. The van der Waals surface area contributed by atoms with Gasteiger partial charge in [-0.2, -0.15) is 0 Å².